The maximum absolute atomic E-state index is 13.1. The summed E-state index contributed by atoms with van der Waals surface area (Å²) >= 11 is 0. The first-order valence-corrected chi connectivity index (χ1v) is 16.7. The highest BCUT2D eigenvalue weighted by molar-refractivity contribution is 7.89. The van der Waals surface area contributed by atoms with Gasteiger partial charge in [0, 0.05) is 31.6 Å². The minimum Gasteiger partial charge on any atom is -0.214 e. The summed E-state index contributed by atoms with van der Waals surface area (Å²) in [5.41, 5.74) is 1.18. The van der Waals surface area contributed by atoms with Gasteiger partial charge in [0.25, 0.3) is 0 Å². The molecule has 38 heavy (non-hydrogen) atoms. The molecule has 9 nitrogen and oxygen atoms in total. The van der Waals surface area contributed by atoms with E-state index in [1.807, 2.05) is 6.92 Å². The number of nitrogens with one attached hydrogen (secondary N) is 2. The second-order valence-electron chi connectivity index (χ2n) is 9.72. The van der Waals surface area contributed by atoms with E-state index in [0.717, 1.165) is 5.56 Å². The molecule has 204 valence electrons. The van der Waals surface area contributed by atoms with Gasteiger partial charge in [-0.05, 0) is 30.2 Å². The first kappa shape index (κ1) is 28.4. The number of rotatable bonds is 12. The first-order valence-electron chi connectivity index (χ1n) is 12.0. The van der Waals surface area contributed by atoms with Crippen LogP contribution in [-0.2, 0) is 41.6 Å². The van der Waals surface area contributed by atoms with Gasteiger partial charge in [-0.25, -0.2) is 34.7 Å². The topological polar surface area (TPSA) is 130 Å². The van der Waals surface area contributed by atoms with E-state index in [1.54, 1.807) is 72.8 Å². The number of hydrogen-bond acceptors (Lipinski definition) is 6. The van der Waals surface area contributed by atoms with E-state index < -0.39 is 35.5 Å². The van der Waals surface area contributed by atoms with Crippen LogP contribution in [-0.4, -0.2) is 55.7 Å². The Labute approximate surface area is 225 Å². The molecule has 0 aromatic heterocycles. The van der Waals surface area contributed by atoms with Gasteiger partial charge in [-0.15, -0.1) is 0 Å². The largest absolute Gasteiger partial charge is 0.243 e. The van der Waals surface area contributed by atoms with Crippen molar-refractivity contribution >= 4 is 30.1 Å². The van der Waals surface area contributed by atoms with Gasteiger partial charge in [-0.2, -0.15) is 4.31 Å². The summed E-state index contributed by atoms with van der Waals surface area (Å²) in [6.07, 6.45) is 0. The lowest BCUT2D eigenvalue weighted by molar-refractivity contribution is 0.0801. The predicted octanol–water partition coefficient (Wildman–Crippen LogP) is 2.22. The number of aryl methyl sites for hydroxylation is 1. The summed E-state index contributed by atoms with van der Waals surface area (Å²) in [4.78, 5) is 0.131. The van der Waals surface area contributed by atoms with Crippen molar-refractivity contribution in [2.45, 2.75) is 23.3 Å². The molecule has 0 spiro atoms. The number of hydrogen-bond donors (Lipinski definition) is 2. The van der Waals surface area contributed by atoms with Gasteiger partial charge in [0.15, 0.2) is 0 Å². The van der Waals surface area contributed by atoms with Crippen molar-refractivity contribution in [2.24, 2.45) is 5.41 Å². The van der Waals surface area contributed by atoms with Crippen LogP contribution in [0.15, 0.2) is 89.8 Å². The SMILES string of the molecule is Cc1ccc(S(=O)(=O)N2CC(CNS(=O)(=O)Cc3ccccc3)(CNS(=O)(=O)Cc3ccccc3)C2)cc1. The van der Waals surface area contributed by atoms with Crippen LogP contribution < -0.4 is 9.44 Å². The zero-order valence-electron chi connectivity index (χ0n) is 20.9. The molecule has 0 bridgehead atoms. The highest BCUT2D eigenvalue weighted by atomic mass is 32.2. The fourth-order valence-corrected chi connectivity index (χ4v) is 8.42. The molecule has 3 aromatic rings. The van der Waals surface area contributed by atoms with E-state index in [2.05, 4.69) is 9.44 Å². The molecule has 1 saturated heterocycles. The summed E-state index contributed by atoms with van der Waals surface area (Å²) in [6, 6.07) is 23.8. The molecule has 0 amide bonds. The molecule has 0 radical (unpaired) electrons. The molecule has 0 aliphatic carbocycles. The fourth-order valence-electron chi connectivity index (χ4n) is 4.23. The Bertz CT molecular complexity index is 1480. The summed E-state index contributed by atoms with van der Waals surface area (Å²) in [6.45, 7) is 1.55. The molecule has 0 unspecified atom stereocenters. The minimum atomic E-state index is -3.82. The standard InChI is InChI=1S/C26H31N3O6S3/c1-22-12-14-25(15-13-22)38(34,35)29-20-26(21-29,18-27-36(30,31)16-23-8-4-2-5-9-23)19-28-37(32,33)17-24-10-6-3-7-11-24/h2-15,27-28H,16-21H2,1H3. The van der Waals surface area contributed by atoms with Crippen molar-refractivity contribution < 1.29 is 25.3 Å². The van der Waals surface area contributed by atoms with Crippen LogP contribution in [0.4, 0.5) is 0 Å². The van der Waals surface area contributed by atoms with Crippen molar-refractivity contribution in [3.05, 3.63) is 102 Å². The quantitative estimate of drug-likeness (QED) is 0.340. The summed E-state index contributed by atoms with van der Waals surface area (Å²) in [7, 11) is -11.3. The third-order valence-corrected chi connectivity index (χ3v) is 10.8. The Morgan fingerprint density at radius 2 is 1.08 bits per heavy atom. The number of nitrogens with zero attached hydrogens (tertiary/aromatic N) is 1. The molecule has 1 aliphatic rings. The fraction of sp³-hybridized carbons (Fsp3) is 0.308. The van der Waals surface area contributed by atoms with Crippen LogP contribution in [0.5, 0.6) is 0 Å². The second-order valence-corrected chi connectivity index (χ2v) is 15.3. The molecule has 4 rings (SSSR count). The zero-order chi connectivity index (χ0) is 27.4. The molecule has 12 heteroatoms. The van der Waals surface area contributed by atoms with Crippen LogP contribution in [0.2, 0.25) is 0 Å². The summed E-state index contributed by atoms with van der Waals surface area (Å²) in [5.74, 6) is -0.482. The van der Waals surface area contributed by atoms with E-state index in [4.69, 9.17) is 0 Å². The molecule has 1 aliphatic heterocycles. The van der Waals surface area contributed by atoms with E-state index in [0.29, 0.717) is 11.1 Å². The van der Waals surface area contributed by atoms with Gasteiger partial charge in [-0.3, -0.25) is 0 Å². The van der Waals surface area contributed by atoms with Crippen LogP contribution in [0.25, 0.3) is 0 Å². The third kappa shape index (κ3) is 7.28. The highest BCUT2D eigenvalue weighted by Crippen LogP contribution is 2.35. The average molecular weight is 578 g/mol. The Morgan fingerprint density at radius 3 is 1.50 bits per heavy atom. The molecule has 0 saturated carbocycles. The second kappa shape index (κ2) is 11.2. The molecular formula is C26H31N3O6S3. The smallest absolute Gasteiger partial charge is 0.214 e. The van der Waals surface area contributed by atoms with Crippen LogP contribution >= 0.6 is 0 Å². The van der Waals surface area contributed by atoms with Crippen molar-refractivity contribution in [3.8, 4) is 0 Å². The highest BCUT2D eigenvalue weighted by Gasteiger charge is 2.49. The monoisotopic (exact) mass is 577 g/mol. The van der Waals surface area contributed by atoms with Crippen LogP contribution in [0, 0.1) is 12.3 Å². The number of sulfonamides is 3. The maximum atomic E-state index is 13.1. The van der Waals surface area contributed by atoms with Gasteiger partial charge < -0.3 is 0 Å². The predicted molar refractivity (Wildman–Crippen MR) is 147 cm³/mol. The molecule has 1 fully saturated rings. The minimum absolute atomic E-state index is 0.0368. The molecular weight excluding hydrogens is 547 g/mol. The van der Waals surface area contributed by atoms with Gasteiger partial charge in [0.2, 0.25) is 30.1 Å². The van der Waals surface area contributed by atoms with E-state index >= 15 is 0 Å². The summed E-state index contributed by atoms with van der Waals surface area (Å²) in [5, 5.41) is 0. The Balaban J connectivity index is 1.49. The Kier molecular flexibility index (Phi) is 8.40. The van der Waals surface area contributed by atoms with E-state index in [1.165, 1.54) is 16.4 Å². The maximum Gasteiger partial charge on any atom is 0.243 e. The van der Waals surface area contributed by atoms with Crippen molar-refractivity contribution in [1.29, 1.82) is 0 Å². The third-order valence-electron chi connectivity index (χ3n) is 6.42. The zero-order valence-corrected chi connectivity index (χ0v) is 23.4. The molecule has 0 atom stereocenters. The van der Waals surface area contributed by atoms with Crippen molar-refractivity contribution in [2.75, 3.05) is 26.2 Å². The average Bonchev–Trinajstić information content (AvgIpc) is 2.84. The van der Waals surface area contributed by atoms with Gasteiger partial charge in [0.05, 0.1) is 16.4 Å². The normalized spacial score (nSPS) is 16.1. The van der Waals surface area contributed by atoms with Gasteiger partial charge in [-0.1, -0.05) is 78.4 Å². The molecule has 1 heterocycles. The molecule has 3 aromatic carbocycles. The lowest BCUT2D eigenvalue weighted by atomic mass is 9.82. The summed E-state index contributed by atoms with van der Waals surface area (Å²) < 4.78 is 83.8. The first-order chi connectivity index (χ1) is 17.9. The Hall–Kier alpha value is -2.61. The van der Waals surface area contributed by atoms with E-state index in [-0.39, 0.29) is 42.6 Å². The Morgan fingerprint density at radius 1 is 0.658 bits per heavy atom. The van der Waals surface area contributed by atoms with Crippen molar-refractivity contribution in [3.63, 3.8) is 0 Å². The van der Waals surface area contributed by atoms with Crippen LogP contribution in [0.3, 0.4) is 0 Å². The van der Waals surface area contributed by atoms with Crippen molar-refractivity contribution in [1.82, 2.24) is 13.7 Å². The van der Waals surface area contributed by atoms with Gasteiger partial charge >= 0.3 is 0 Å². The van der Waals surface area contributed by atoms with Crippen LogP contribution in [0.1, 0.15) is 16.7 Å². The molecule has 2 N–H and O–H groups in total. The lowest BCUT2D eigenvalue weighted by Crippen LogP contribution is -2.66. The lowest BCUT2D eigenvalue weighted by Gasteiger charge is -2.49. The van der Waals surface area contributed by atoms with E-state index in [9.17, 15) is 25.3 Å². The number of benzene rings is 3. The van der Waals surface area contributed by atoms with Gasteiger partial charge in [0.1, 0.15) is 0 Å².